The summed E-state index contributed by atoms with van der Waals surface area (Å²) in [6.07, 6.45) is 4.24. The summed E-state index contributed by atoms with van der Waals surface area (Å²) in [5.74, 6) is -0.244. The molecule has 31 heavy (non-hydrogen) atoms. The van der Waals surface area contributed by atoms with Crippen LogP contribution in [0.4, 0.5) is 17.1 Å². The highest BCUT2D eigenvalue weighted by Crippen LogP contribution is 2.29. The van der Waals surface area contributed by atoms with E-state index in [1.165, 1.54) is 12.1 Å². The Labute approximate surface area is 181 Å². The summed E-state index contributed by atoms with van der Waals surface area (Å²) in [5.41, 5.74) is 1.39. The van der Waals surface area contributed by atoms with Gasteiger partial charge in [-0.2, -0.15) is 5.26 Å². The Morgan fingerprint density at radius 3 is 2.52 bits per heavy atom. The molecular weight excluding hydrogens is 420 g/mol. The van der Waals surface area contributed by atoms with Gasteiger partial charge in [0.2, 0.25) is 5.96 Å². The van der Waals surface area contributed by atoms with Crippen LogP contribution in [0.2, 0.25) is 0 Å². The summed E-state index contributed by atoms with van der Waals surface area (Å²) in [4.78, 5) is 14.3. The standard InChI is InChI=1S/C20H24N6O4S/c1-3-4-5-12-22-20(23-14-21)25-31(29,30)19-13-17(26(27)28)10-11-18(19)24-16-8-6-15(2)7-9-16/h6-11,13,24H,3-5,12H2,1-2H3,(H2,22,23,25). The van der Waals surface area contributed by atoms with Crippen LogP contribution in [0.25, 0.3) is 0 Å². The maximum atomic E-state index is 13.0. The number of nitro groups is 1. The molecule has 0 saturated carbocycles. The van der Waals surface area contributed by atoms with Gasteiger partial charge < -0.3 is 5.32 Å². The molecule has 0 unspecified atom stereocenters. The minimum Gasteiger partial charge on any atom is -0.354 e. The van der Waals surface area contributed by atoms with Gasteiger partial charge in [-0.1, -0.05) is 37.5 Å². The third-order valence-corrected chi connectivity index (χ3v) is 5.61. The quantitative estimate of drug-likeness (QED) is 0.102. The molecule has 2 aromatic carbocycles. The van der Waals surface area contributed by atoms with Crippen molar-refractivity contribution >= 4 is 33.0 Å². The van der Waals surface area contributed by atoms with E-state index in [2.05, 4.69) is 20.3 Å². The number of benzene rings is 2. The number of rotatable bonds is 9. The zero-order valence-corrected chi connectivity index (χ0v) is 18.1. The first-order valence-corrected chi connectivity index (χ1v) is 11.1. The van der Waals surface area contributed by atoms with Crippen LogP contribution < -0.4 is 15.4 Å². The number of aliphatic imine (C=N–C) groups is 1. The number of nitro benzene ring substituents is 1. The first-order chi connectivity index (χ1) is 14.8. The number of anilines is 2. The van der Waals surface area contributed by atoms with Gasteiger partial charge in [-0.15, -0.1) is 0 Å². The predicted octanol–water partition coefficient (Wildman–Crippen LogP) is 3.54. The molecule has 0 aliphatic heterocycles. The Balaban J connectivity index is 2.41. The number of non-ortho nitro benzene ring substituents is 1. The molecule has 0 bridgehead atoms. The van der Waals surface area contributed by atoms with Gasteiger partial charge in [0, 0.05) is 24.4 Å². The van der Waals surface area contributed by atoms with E-state index in [0.29, 0.717) is 12.2 Å². The molecule has 2 rings (SSSR count). The monoisotopic (exact) mass is 444 g/mol. The second-order valence-electron chi connectivity index (χ2n) is 6.71. The number of sulfonamides is 1. The highest BCUT2D eigenvalue weighted by Gasteiger charge is 2.24. The summed E-state index contributed by atoms with van der Waals surface area (Å²) >= 11 is 0. The number of nitrogens with zero attached hydrogens (tertiary/aromatic N) is 3. The van der Waals surface area contributed by atoms with Crippen LogP contribution in [-0.4, -0.2) is 25.8 Å². The van der Waals surface area contributed by atoms with Gasteiger partial charge in [-0.05, 0) is 31.5 Å². The van der Waals surface area contributed by atoms with E-state index in [-0.39, 0.29) is 22.2 Å². The lowest BCUT2D eigenvalue weighted by Gasteiger charge is -2.14. The fraction of sp³-hybridized carbons (Fsp3) is 0.300. The van der Waals surface area contributed by atoms with Gasteiger partial charge in [-0.25, -0.2) is 13.1 Å². The van der Waals surface area contributed by atoms with E-state index in [1.54, 1.807) is 18.3 Å². The third-order valence-electron chi connectivity index (χ3n) is 4.23. The van der Waals surface area contributed by atoms with Crippen molar-refractivity contribution in [2.75, 3.05) is 11.9 Å². The number of nitrogens with one attached hydrogen (secondary N) is 3. The molecule has 0 amide bonds. The van der Waals surface area contributed by atoms with Gasteiger partial charge in [0.1, 0.15) is 4.90 Å². The molecule has 0 aliphatic carbocycles. The fourth-order valence-corrected chi connectivity index (χ4v) is 3.79. The Morgan fingerprint density at radius 1 is 1.19 bits per heavy atom. The summed E-state index contributed by atoms with van der Waals surface area (Å²) in [5, 5.41) is 25.3. The number of aryl methyl sites for hydroxylation is 1. The van der Waals surface area contributed by atoms with Crippen molar-refractivity contribution in [1.29, 1.82) is 5.26 Å². The molecule has 0 spiro atoms. The van der Waals surface area contributed by atoms with Gasteiger partial charge >= 0.3 is 0 Å². The average molecular weight is 445 g/mol. The number of guanidine groups is 1. The van der Waals surface area contributed by atoms with Gasteiger partial charge in [-0.3, -0.25) is 20.4 Å². The normalized spacial score (nSPS) is 11.5. The molecule has 0 fully saturated rings. The van der Waals surface area contributed by atoms with E-state index >= 15 is 0 Å². The van der Waals surface area contributed by atoms with Crippen molar-refractivity contribution in [3.63, 3.8) is 0 Å². The maximum absolute atomic E-state index is 13.0. The first-order valence-electron chi connectivity index (χ1n) is 9.61. The average Bonchev–Trinajstić information content (AvgIpc) is 2.72. The van der Waals surface area contributed by atoms with Crippen molar-refractivity contribution in [3.8, 4) is 6.19 Å². The molecule has 0 heterocycles. The molecule has 2 aromatic rings. The van der Waals surface area contributed by atoms with E-state index in [0.717, 1.165) is 30.9 Å². The SMILES string of the molecule is CCCCCN=C(NC#N)NS(=O)(=O)c1cc([N+](=O)[O-])ccc1Nc1ccc(C)cc1. The van der Waals surface area contributed by atoms with Crippen molar-refractivity contribution in [1.82, 2.24) is 10.0 Å². The summed E-state index contributed by atoms with van der Waals surface area (Å²) < 4.78 is 28.3. The van der Waals surface area contributed by atoms with E-state index in [1.807, 2.05) is 26.0 Å². The van der Waals surface area contributed by atoms with Crippen molar-refractivity contribution in [3.05, 3.63) is 58.1 Å². The molecule has 11 heteroatoms. The molecule has 0 atom stereocenters. The second-order valence-corrected chi connectivity index (χ2v) is 8.36. The molecule has 0 aliphatic rings. The minimum absolute atomic E-state index is 0.143. The highest BCUT2D eigenvalue weighted by atomic mass is 32.2. The van der Waals surface area contributed by atoms with Crippen molar-refractivity contribution in [2.45, 2.75) is 38.0 Å². The van der Waals surface area contributed by atoms with Crippen LogP contribution in [0, 0.1) is 28.5 Å². The van der Waals surface area contributed by atoms with E-state index < -0.39 is 14.9 Å². The van der Waals surface area contributed by atoms with Crippen LogP contribution in [0.3, 0.4) is 0 Å². The number of nitriles is 1. The van der Waals surface area contributed by atoms with E-state index in [4.69, 9.17) is 5.26 Å². The van der Waals surface area contributed by atoms with Crippen LogP contribution in [0.5, 0.6) is 0 Å². The fourth-order valence-electron chi connectivity index (χ4n) is 2.63. The molecule has 164 valence electrons. The van der Waals surface area contributed by atoms with Gasteiger partial charge in [0.15, 0.2) is 6.19 Å². The summed E-state index contributed by atoms with van der Waals surface area (Å²) in [6.45, 7) is 4.26. The highest BCUT2D eigenvalue weighted by molar-refractivity contribution is 7.90. The molecule has 10 nitrogen and oxygen atoms in total. The van der Waals surface area contributed by atoms with Gasteiger partial charge in [0.05, 0.1) is 10.6 Å². The molecule has 0 aromatic heterocycles. The largest absolute Gasteiger partial charge is 0.354 e. The number of hydrogen-bond acceptors (Lipinski definition) is 7. The molecular formula is C20H24N6O4S. The zero-order valence-electron chi connectivity index (χ0n) is 17.3. The Hall–Kier alpha value is -3.65. The smallest absolute Gasteiger partial charge is 0.270 e. The Morgan fingerprint density at radius 2 is 1.90 bits per heavy atom. The summed E-state index contributed by atoms with van der Waals surface area (Å²) in [7, 11) is -4.30. The zero-order chi connectivity index (χ0) is 22.9. The van der Waals surface area contributed by atoms with Crippen molar-refractivity contribution < 1.29 is 13.3 Å². The second kappa shape index (κ2) is 10.9. The Bertz CT molecular complexity index is 1090. The van der Waals surface area contributed by atoms with Crippen LogP contribution >= 0.6 is 0 Å². The topological polar surface area (TPSA) is 150 Å². The van der Waals surface area contributed by atoms with Crippen LogP contribution in [-0.2, 0) is 10.0 Å². The van der Waals surface area contributed by atoms with E-state index in [9.17, 15) is 18.5 Å². The minimum atomic E-state index is -4.30. The lowest BCUT2D eigenvalue weighted by molar-refractivity contribution is -0.385. The predicted molar refractivity (Wildman–Crippen MR) is 118 cm³/mol. The third kappa shape index (κ3) is 6.97. The van der Waals surface area contributed by atoms with Crippen LogP contribution in [0.1, 0.15) is 31.7 Å². The first kappa shape index (κ1) is 23.6. The van der Waals surface area contributed by atoms with Gasteiger partial charge in [0.25, 0.3) is 15.7 Å². The van der Waals surface area contributed by atoms with Crippen molar-refractivity contribution in [2.24, 2.45) is 4.99 Å². The maximum Gasteiger partial charge on any atom is 0.270 e. The lowest BCUT2D eigenvalue weighted by atomic mass is 10.2. The van der Waals surface area contributed by atoms with Crippen LogP contribution in [0.15, 0.2) is 52.4 Å². The lowest BCUT2D eigenvalue weighted by Crippen LogP contribution is -2.39. The molecule has 3 N–H and O–H groups in total. The number of hydrogen-bond donors (Lipinski definition) is 3. The number of unbranched alkanes of at least 4 members (excludes halogenated alkanes) is 2. The Kier molecular flexibility index (Phi) is 8.33. The molecule has 0 saturated heterocycles. The summed E-state index contributed by atoms with van der Waals surface area (Å²) in [6, 6.07) is 10.7. The molecule has 0 radical (unpaired) electrons.